The smallest absolute Gasteiger partial charge is 0.169 e. The zero-order valence-electron chi connectivity index (χ0n) is 13.2. The number of rotatable bonds is 2. The summed E-state index contributed by atoms with van der Waals surface area (Å²) in [6, 6.07) is 6.63. The molecule has 0 aromatic heterocycles. The van der Waals surface area contributed by atoms with E-state index < -0.39 is 0 Å². The maximum absolute atomic E-state index is 13.1. The average molecular weight is 283 g/mol. The van der Waals surface area contributed by atoms with Crippen molar-refractivity contribution >= 4 is 5.78 Å². The monoisotopic (exact) mass is 283 g/mol. The van der Waals surface area contributed by atoms with Gasteiger partial charge < -0.3 is 4.90 Å². The number of fused-ring (bicyclic) bond motifs is 3. The molecule has 0 amide bonds. The Balaban J connectivity index is 1.72. The van der Waals surface area contributed by atoms with Gasteiger partial charge in [0, 0.05) is 17.5 Å². The fraction of sp³-hybridized carbons (Fsp3) is 0.632. The molecule has 5 rings (SSSR count). The van der Waals surface area contributed by atoms with Crippen LogP contribution in [-0.4, -0.2) is 30.3 Å². The molecule has 1 aliphatic carbocycles. The molecule has 1 spiro atoms. The van der Waals surface area contributed by atoms with Crippen LogP contribution >= 0.6 is 0 Å². The van der Waals surface area contributed by atoms with Crippen molar-refractivity contribution in [1.82, 2.24) is 4.90 Å². The zero-order chi connectivity index (χ0) is 14.6. The van der Waals surface area contributed by atoms with Crippen molar-refractivity contribution in [2.45, 2.75) is 39.5 Å². The molecule has 1 atom stereocenters. The topological polar surface area (TPSA) is 20.3 Å². The molecule has 0 saturated carbocycles. The van der Waals surface area contributed by atoms with Gasteiger partial charge in [0.1, 0.15) is 0 Å². The molecule has 1 aromatic rings. The third-order valence-corrected chi connectivity index (χ3v) is 5.99. The van der Waals surface area contributed by atoms with Crippen LogP contribution in [0.15, 0.2) is 18.2 Å². The predicted octanol–water partition coefficient (Wildman–Crippen LogP) is 3.34. The van der Waals surface area contributed by atoms with Crippen molar-refractivity contribution < 1.29 is 4.79 Å². The second-order valence-electron chi connectivity index (χ2n) is 7.78. The van der Waals surface area contributed by atoms with Gasteiger partial charge in [0.05, 0.1) is 0 Å². The molecule has 3 heterocycles. The third-order valence-electron chi connectivity index (χ3n) is 5.99. The standard InChI is InChI=1S/C19H25NO/c1-13(2)9-14-3-4-17-15(10-14)11-16-12-20-7-5-19(16,6-8-20)18(17)21/h3-4,10,13,16H,5-9,11-12H2,1-2H3. The highest BCUT2D eigenvalue weighted by Crippen LogP contribution is 2.51. The summed E-state index contributed by atoms with van der Waals surface area (Å²) in [6.07, 6.45) is 4.40. The summed E-state index contributed by atoms with van der Waals surface area (Å²) in [5.41, 5.74) is 3.74. The molecule has 1 aromatic carbocycles. The minimum absolute atomic E-state index is 0.0126. The van der Waals surface area contributed by atoms with Gasteiger partial charge in [0.2, 0.25) is 0 Å². The van der Waals surface area contributed by atoms with Gasteiger partial charge in [0.15, 0.2) is 5.78 Å². The van der Waals surface area contributed by atoms with Gasteiger partial charge >= 0.3 is 0 Å². The SMILES string of the molecule is CC(C)Cc1ccc2c(c1)CC1CN3CCC1(CC3)C2=O. The number of Topliss-reactive ketones (excluding diaryl/α,β-unsaturated/α-hetero) is 1. The Kier molecular flexibility index (Phi) is 3.01. The molecule has 1 unspecified atom stereocenters. The van der Waals surface area contributed by atoms with Crippen LogP contribution in [0.2, 0.25) is 0 Å². The van der Waals surface area contributed by atoms with Gasteiger partial charge in [-0.2, -0.15) is 0 Å². The average Bonchev–Trinajstić information content (AvgIpc) is 2.47. The van der Waals surface area contributed by atoms with Crippen molar-refractivity contribution in [3.8, 4) is 0 Å². The summed E-state index contributed by atoms with van der Waals surface area (Å²) in [6.45, 7) is 7.91. The highest BCUT2D eigenvalue weighted by atomic mass is 16.1. The summed E-state index contributed by atoms with van der Waals surface area (Å²) in [4.78, 5) is 15.7. The first kappa shape index (κ1) is 13.5. The first-order chi connectivity index (χ1) is 10.1. The molecule has 112 valence electrons. The summed E-state index contributed by atoms with van der Waals surface area (Å²) in [5, 5.41) is 0. The number of carbonyl (C=O) groups excluding carboxylic acids is 1. The summed E-state index contributed by atoms with van der Waals surface area (Å²) in [5.74, 6) is 1.70. The lowest BCUT2D eigenvalue weighted by Gasteiger charge is -2.55. The molecular weight excluding hydrogens is 258 g/mol. The number of hydrogen-bond acceptors (Lipinski definition) is 2. The highest BCUT2D eigenvalue weighted by Gasteiger charge is 2.54. The summed E-state index contributed by atoms with van der Waals surface area (Å²) < 4.78 is 0. The quantitative estimate of drug-likeness (QED) is 0.829. The van der Waals surface area contributed by atoms with E-state index in [1.807, 2.05) is 0 Å². The van der Waals surface area contributed by atoms with Crippen molar-refractivity contribution in [2.24, 2.45) is 17.3 Å². The van der Waals surface area contributed by atoms with E-state index in [-0.39, 0.29) is 5.41 Å². The van der Waals surface area contributed by atoms with Crippen LogP contribution in [-0.2, 0) is 12.8 Å². The van der Waals surface area contributed by atoms with Crippen LogP contribution in [0.4, 0.5) is 0 Å². The Morgan fingerprint density at radius 2 is 2.05 bits per heavy atom. The number of piperidine rings is 3. The minimum Gasteiger partial charge on any atom is -0.303 e. The third kappa shape index (κ3) is 1.99. The Labute approximate surface area is 127 Å². The van der Waals surface area contributed by atoms with Crippen molar-refractivity contribution in [3.63, 3.8) is 0 Å². The fourth-order valence-electron chi connectivity index (χ4n) is 4.87. The lowest BCUT2D eigenvalue weighted by molar-refractivity contribution is -0.0218. The molecule has 3 saturated heterocycles. The molecule has 2 nitrogen and oxygen atoms in total. The van der Waals surface area contributed by atoms with Crippen LogP contribution < -0.4 is 0 Å². The first-order valence-corrected chi connectivity index (χ1v) is 8.47. The molecule has 2 bridgehead atoms. The molecule has 3 fully saturated rings. The first-order valence-electron chi connectivity index (χ1n) is 8.47. The Morgan fingerprint density at radius 1 is 1.29 bits per heavy atom. The number of ketones is 1. The molecule has 21 heavy (non-hydrogen) atoms. The minimum atomic E-state index is -0.0126. The van der Waals surface area contributed by atoms with Crippen LogP contribution in [0.25, 0.3) is 0 Å². The number of benzene rings is 1. The van der Waals surface area contributed by atoms with Crippen LogP contribution in [0.1, 0.15) is 48.2 Å². The zero-order valence-corrected chi connectivity index (χ0v) is 13.2. The molecule has 4 aliphatic rings. The largest absolute Gasteiger partial charge is 0.303 e. The molecule has 0 radical (unpaired) electrons. The van der Waals surface area contributed by atoms with E-state index in [1.165, 1.54) is 11.1 Å². The Morgan fingerprint density at radius 3 is 2.76 bits per heavy atom. The van der Waals surface area contributed by atoms with Crippen LogP contribution in [0.3, 0.4) is 0 Å². The van der Waals surface area contributed by atoms with E-state index in [0.717, 1.165) is 50.9 Å². The van der Waals surface area contributed by atoms with E-state index >= 15 is 0 Å². The lowest BCUT2D eigenvalue weighted by Crippen LogP contribution is -2.60. The number of nitrogens with zero attached hydrogens (tertiary/aromatic N) is 1. The van der Waals surface area contributed by atoms with E-state index in [2.05, 4.69) is 36.9 Å². The predicted molar refractivity (Wildman–Crippen MR) is 84.6 cm³/mol. The van der Waals surface area contributed by atoms with Gasteiger partial charge in [-0.25, -0.2) is 0 Å². The molecule has 3 aliphatic heterocycles. The van der Waals surface area contributed by atoms with E-state index in [9.17, 15) is 4.79 Å². The second-order valence-corrected chi connectivity index (χ2v) is 7.78. The van der Waals surface area contributed by atoms with Crippen LogP contribution in [0, 0.1) is 17.3 Å². The Bertz CT molecular complexity index is 581. The Hall–Kier alpha value is -1.15. The lowest BCUT2D eigenvalue weighted by atomic mass is 9.56. The molecule has 2 heteroatoms. The van der Waals surface area contributed by atoms with Gasteiger partial charge in [-0.3, -0.25) is 4.79 Å². The molecule has 0 N–H and O–H groups in total. The fourth-order valence-corrected chi connectivity index (χ4v) is 4.87. The second kappa shape index (κ2) is 4.67. The van der Waals surface area contributed by atoms with E-state index in [4.69, 9.17) is 0 Å². The molecular formula is C19H25NO. The van der Waals surface area contributed by atoms with Crippen molar-refractivity contribution in [2.75, 3.05) is 19.6 Å². The van der Waals surface area contributed by atoms with Gasteiger partial charge in [-0.1, -0.05) is 32.0 Å². The number of hydrogen-bond donors (Lipinski definition) is 0. The van der Waals surface area contributed by atoms with Gasteiger partial charge in [-0.15, -0.1) is 0 Å². The van der Waals surface area contributed by atoms with Crippen molar-refractivity contribution in [3.05, 3.63) is 34.9 Å². The van der Waals surface area contributed by atoms with Gasteiger partial charge in [0.25, 0.3) is 0 Å². The van der Waals surface area contributed by atoms with Crippen LogP contribution in [0.5, 0.6) is 0 Å². The maximum atomic E-state index is 13.1. The maximum Gasteiger partial charge on any atom is 0.169 e. The summed E-state index contributed by atoms with van der Waals surface area (Å²) in [7, 11) is 0. The summed E-state index contributed by atoms with van der Waals surface area (Å²) >= 11 is 0. The number of carbonyl (C=O) groups is 1. The van der Waals surface area contributed by atoms with Gasteiger partial charge in [-0.05, 0) is 61.7 Å². The van der Waals surface area contributed by atoms with Crippen molar-refractivity contribution in [1.29, 1.82) is 0 Å². The normalized spacial score (nSPS) is 34.0. The van der Waals surface area contributed by atoms with E-state index in [1.54, 1.807) is 0 Å². The van der Waals surface area contributed by atoms with E-state index in [0.29, 0.717) is 17.6 Å². The highest BCUT2D eigenvalue weighted by molar-refractivity contribution is 6.03.